The molecule has 0 radical (unpaired) electrons. The van der Waals surface area contributed by atoms with Gasteiger partial charge in [-0.3, -0.25) is 8.78 Å². The molecule has 0 aromatic heterocycles. The van der Waals surface area contributed by atoms with Crippen molar-refractivity contribution in [3.05, 3.63) is 0 Å². The Morgan fingerprint density at radius 1 is 0.929 bits per heavy atom. The molecule has 0 aliphatic carbocycles. The van der Waals surface area contributed by atoms with Crippen molar-refractivity contribution in [3.8, 4) is 0 Å². The van der Waals surface area contributed by atoms with Crippen LogP contribution in [0.25, 0.3) is 0 Å². The first-order chi connectivity index (χ1) is 5.47. The largest absolute Gasteiger partial charge is 1.00 e. The van der Waals surface area contributed by atoms with Gasteiger partial charge in [0.15, 0.2) is 0 Å². The van der Waals surface area contributed by atoms with Crippen molar-refractivity contribution in [1.29, 1.82) is 0 Å². The van der Waals surface area contributed by atoms with Crippen molar-refractivity contribution in [2.45, 2.75) is 13.8 Å². The monoisotopic (exact) mass is 198 g/mol. The fourth-order valence-corrected chi connectivity index (χ4v) is 0. The first kappa shape index (κ1) is 29.2. The van der Waals surface area contributed by atoms with Gasteiger partial charge in [-0.1, -0.05) is 0 Å². The molecule has 74 valence electrons. The van der Waals surface area contributed by atoms with E-state index in [-0.39, 0.29) is 51.1 Å². The van der Waals surface area contributed by atoms with Gasteiger partial charge in [0.25, 0.3) is 0 Å². The number of hydrogen-bond donors (Lipinski definition) is 0. The molecule has 0 unspecified atom stereocenters. The van der Waals surface area contributed by atoms with Crippen LogP contribution in [0.15, 0.2) is 0 Å². The first-order valence-electron chi connectivity index (χ1n) is 3.02. The summed E-state index contributed by atoms with van der Waals surface area (Å²) in [5, 5.41) is 17.9. The van der Waals surface area contributed by atoms with E-state index >= 15 is 0 Å². The van der Waals surface area contributed by atoms with Gasteiger partial charge in [0.05, 0.1) is 25.3 Å². The molecule has 4 nitrogen and oxygen atoms in total. The van der Waals surface area contributed by atoms with Crippen LogP contribution in [-0.4, -0.2) is 25.3 Å². The van der Waals surface area contributed by atoms with Crippen LogP contribution in [0.3, 0.4) is 0 Å². The van der Waals surface area contributed by atoms with Crippen LogP contribution in [0, 0.1) is 0 Å². The van der Waals surface area contributed by atoms with E-state index in [4.69, 9.17) is 19.8 Å². The minimum Gasteiger partial charge on any atom is -0.543 e. The van der Waals surface area contributed by atoms with Crippen molar-refractivity contribution in [1.82, 2.24) is 0 Å². The quantitative estimate of drug-likeness (QED) is 0.286. The Hall–Kier alpha value is -0.00519. The van der Waals surface area contributed by atoms with Gasteiger partial charge >= 0.3 is 37.7 Å². The number of alkyl halides is 2. The molecule has 0 N–H and O–H groups in total. The van der Waals surface area contributed by atoms with Gasteiger partial charge in [0, 0.05) is 0 Å². The molecule has 0 aliphatic rings. The van der Waals surface area contributed by atoms with Crippen molar-refractivity contribution in [3.63, 3.8) is 0 Å². The molecule has 0 aromatic carbocycles. The molecule has 0 amide bonds. The van der Waals surface area contributed by atoms with Crippen molar-refractivity contribution >= 4 is 11.9 Å². The molecular weight excluding hydrogens is 188 g/mol. The summed E-state index contributed by atoms with van der Waals surface area (Å²) in [4.78, 5) is 17.9. The van der Waals surface area contributed by atoms with E-state index in [1.807, 2.05) is 0 Å². The summed E-state index contributed by atoms with van der Waals surface area (Å²) in [6, 6.07) is 0. The summed E-state index contributed by atoms with van der Waals surface area (Å²) in [6.07, 6.45) is 0. The van der Waals surface area contributed by atoms with Crippen LogP contribution >= 0.6 is 0 Å². The molecular formula is C6H10F2Li2O4. The topological polar surface area (TPSA) is 80.3 Å². The van der Waals surface area contributed by atoms with E-state index in [1.165, 1.54) is 13.8 Å². The average Bonchev–Trinajstić information content (AvgIpc) is 1.90. The summed E-state index contributed by atoms with van der Waals surface area (Å²) < 4.78 is 20.6. The van der Waals surface area contributed by atoms with E-state index in [2.05, 4.69) is 0 Å². The number of rotatable bonds is 0. The van der Waals surface area contributed by atoms with Gasteiger partial charge < -0.3 is 19.8 Å². The molecule has 0 aliphatic heterocycles. The third-order valence-corrected chi connectivity index (χ3v) is 0.167. The molecule has 0 heterocycles. The smallest absolute Gasteiger partial charge is 0.543 e. The van der Waals surface area contributed by atoms with E-state index in [0.29, 0.717) is 0 Å². The van der Waals surface area contributed by atoms with Gasteiger partial charge in [-0.2, -0.15) is 0 Å². The normalized spacial score (nSPS) is 5.71. The number of halogens is 2. The van der Waals surface area contributed by atoms with E-state index in [0.717, 1.165) is 0 Å². The number of carboxylic acids is 2. The molecule has 8 heteroatoms. The molecule has 0 saturated carbocycles. The minimum atomic E-state index is -2.19. The fraction of sp³-hybridized carbons (Fsp3) is 0.667. The minimum absolute atomic E-state index is 0. The Kier molecular flexibility index (Phi) is 61.0. The van der Waals surface area contributed by atoms with Crippen LogP contribution < -0.4 is 47.9 Å². The molecule has 0 atom stereocenters. The molecule has 0 spiro atoms. The second kappa shape index (κ2) is 29.3. The van der Waals surface area contributed by atoms with Crippen LogP contribution in [0.5, 0.6) is 0 Å². The molecule has 0 rings (SSSR count). The molecule has 0 saturated heterocycles. The fourth-order valence-electron chi connectivity index (χ4n) is 0. The van der Waals surface area contributed by atoms with Crippen molar-refractivity contribution < 1.29 is 66.3 Å². The SMILES string of the molecule is CCF.CCF.O=C([O-])C(=O)[O-].[Li+].[Li+]. The van der Waals surface area contributed by atoms with Crippen molar-refractivity contribution in [2.24, 2.45) is 0 Å². The summed E-state index contributed by atoms with van der Waals surface area (Å²) in [7, 11) is 0. The maximum absolute atomic E-state index is 10.3. The van der Waals surface area contributed by atoms with Gasteiger partial charge in [-0.15, -0.1) is 0 Å². The number of aliphatic carboxylic acids is 2. The summed E-state index contributed by atoms with van der Waals surface area (Å²) >= 11 is 0. The van der Waals surface area contributed by atoms with E-state index < -0.39 is 11.9 Å². The maximum Gasteiger partial charge on any atom is 1.00 e. The van der Waals surface area contributed by atoms with Gasteiger partial charge in [-0.05, 0) is 13.8 Å². The Bertz CT molecular complexity index is 110. The number of carboxylic acid groups (broad SMARTS) is 2. The number of carbonyl (C=O) groups excluding carboxylic acids is 2. The Labute approximate surface area is 105 Å². The zero-order valence-corrected chi connectivity index (χ0v) is 8.80. The second-order valence-electron chi connectivity index (χ2n) is 1.11. The molecule has 0 fully saturated rings. The second-order valence-corrected chi connectivity index (χ2v) is 1.11. The standard InChI is InChI=1S/2C2H5F.C2H2O4.2Li/c2*1-2-3;3-1(4)2(5)6;;/h2*2H2,1H3;(H,3,4)(H,5,6);;/q;;;2*+1/p-2. The van der Waals surface area contributed by atoms with Crippen molar-refractivity contribution in [2.75, 3.05) is 13.3 Å². The summed E-state index contributed by atoms with van der Waals surface area (Å²) in [5.41, 5.74) is 0. The maximum atomic E-state index is 10.3. The molecule has 0 bridgehead atoms. The predicted octanol–water partition coefficient (Wildman–Crippen LogP) is -7.55. The number of carbonyl (C=O) groups is 2. The van der Waals surface area contributed by atoms with Crippen LogP contribution in [-0.2, 0) is 9.59 Å². The zero-order chi connectivity index (χ0) is 10.6. The number of hydrogen-bond acceptors (Lipinski definition) is 4. The molecule has 14 heavy (non-hydrogen) atoms. The summed E-state index contributed by atoms with van der Waals surface area (Å²) in [5.74, 6) is -4.37. The van der Waals surface area contributed by atoms with E-state index in [9.17, 15) is 8.78 Å². The molecule has 0 aromatic rings. The Balaban J connectivity index is -0.0000000297. The average molecular weight is 198 g/mol. The third kappa shape index (κ3) is 90.9. The Morgan fingerprint density at radius 3 is 1.00 bits per heavy atom. The van der Waals surface area contributed by atoms with Gasteiger partial charge in [-0.25, -0.2) is 0 Å². The van der Waals surface area contributed by atoms with Gasteiger partial charge in [0.2, 0.25) is 0 Å². The van der Waals surface area contributed by atoms with E-state index in [1.54, 1.807) is 0 Å². The van der Waals surface area contributed by atoms with Crippen LogP contribution in [0.2, 0.25) is 0 Å². The zero-order valence-electron chi connectivity index (χ0n) is 8.80. The van der Waals surface area contributed by atoms with Gasteiger partial charge in [0.1, 0.15) is 0 Å². The van der Waals surface area contributed by atoms with Crippen LogP contribution in [0.1, 0.15) is 13.8 Å². The summed E-state index contributed by atoms with van der Waals surface area (Å²) in [6.45, 7) is 2.42. The predicted molar refractivity (Wildman–Crippen MR) is 33.3 cm³/mol. The first-order valence-corrected chi connectivity index (χ1v) is 3.02. The Morgan fingerprint density at radius 2 is 1.00 bits per heavy atom. The third-order valence-electron chi connectivity index (χ3n) is 0.167. The van der Waals surface area contributed by atoms with Crippen LogP contribution in [0.4, 0.5) is 8.78 Å².